The van der Waals surface area contributed by atoms with E-state index in [-0.39, 0.29) is 18.5 Å². The predicted octanol–water partition coefficient (Wildman–Crippen LogP) is 4.35. The van der Waals surface area contributed by atoms with E-state index in [1.165, 1.54) is 41.3 Å². The van der Waals surface area contributed by atoms with Crippen LogP contribution in [0.2, 0.25) is 0 Å². The van der Waals surface area contributed by atoms with Crippen molar-refractivity contribution < 1.29 is 18.7 Å². The van der Waals surface area contributed by atoms with Gasteiger partial charge in [0.25, 0.3) is 0 Å². The van der Waals surface area contributed by atoms with Crippen LogP contribution in [0, 0.1) is 5.82 Å². The predicted molar refractivity (Wildman–Crippen MR) is 106 cm³/mol. The Bertz CT molecular complexity index is 1020. The van der Waals surface area contributed by atoms with Crippen LogP contribution < -0.4 is 14.8 Å². The number of thioether (sulfide) groups is 1. The van der Waals surface area contributed by atoms with Gasteiger partial charge in [-0.05, 0) is 41.5 Å². The lowest BCUT2D eigenvalue weighted by atomic mass is 10.2. The van der Waals surface area contributed by atoms with Crippen molar-refractivity contribution in [2.24, 2.45) is 0 Å². The summed E-state index contributed by atoms with van der Waals surface area (Å²) in [5, 5.41) is 11.1. The maximum absolute atomic E-state index is 12.9. The number of ether oxygens (including phenoxy) is 2. The highest BCUT2D eigenvalue weighted by atomic mass is 32.2. The fourth-order valence-corrected chi connectivity index (χ4v) is 4.09. The van der Waals surface area contributed by atoms with E-state index in [0.717, 1.165) is 15.5 Å². The molecule has 0 saturated carbocycles. The lowest BCUT2D eigenvalue weighted by Crippen LogP contribution is -2.07. The average molecular weight is 415 g/mol. The number of carbonyl (C=O) groups is 1. The topological polar surface area (TPSA) is 73.3 Å². The van der Waals surface area contributed by atoms with Crippen molar-refractivity contribution in [1.29, 1.82) is 0 Å². The highest BCUT2D eigenvalue weighted by Crippen LogP contribution is 2.33. The SMILES string of the molecule is O=C(/C=C/c1ccc2c(c1)OCO2)Nc1nnc(SCc2ccc(F)cc2)s1. The quantitative estimate of drug-likeness (QED) is 0.367. The third-order valence-corrected chi connectivity index (χ3v) is 5.78. The highest BCUT2D eigenvalue weighted by Gasteiger charge is 2.12. The Kier molecular flexibility index (Phi) is 5.54. The summed E-state index contributed by atoms with van der Waals surface area (Å²) in [5.41, 5.74) is 1.81. The molecule has 0 spiro atoms. The van der Waals surface area contributed by atoms with Crippen molar-refractivity contribution in [2.45, 2.75) is 10.1 Å². The molecule has 9 heteroatoms. The first-order chi connectivity index (χ1) is 13.7. The second-order valence-corrected chi connectivity index (χ2v) is 7.92. The molecule has 0 fully saturated rings. The monoisotopic (exact) mass is 415 g/mol. The van der Waals surface area contributed by atoms with Crippen molar-refractivity contribution in [3.63, 3.8) is 0 Å². The van der Waals surface area contributed by atoms with Crippen LogP contribution in [0.1, 0.15) is 11.1 Å². The fraction of sp³-hybridized carbons (Fsp3) is 0.105. The molecular weight excluding hydrogens is 401 g/mol. The molecule has 1 amide bonds. The van der Waals surface area contributed by atoms with Gasteiger partial charge in [-0.25, -0.2) is 4.39 Å². The number of benzene rings is 2. The Morgan fingerprint density at radius 2 is 2.00 bits per heavy atom. The molecule has 2 aromatic carbocycles. The van der Waals surface area contributed by atoms with E-state index in [0.29, 0.717) is 22.4 Å². The molecule has 0 saturated heterocycles. The van der Waals surface area contributed by atoms with E-state index in [4.69, 9.17) is 9.47 Å². The summed E-state index contributed by atoms with van der Waals surface area (Å²) in [6, 6.07) is 11.8. The van der Waals surface area contributed by atoms with Gasteiger partial charge >= 0.3 is 0 Å². The minimum Gasteiger partial charge on any atom is -0.454 e. The number of amides is 1. The molecule has 3 aromatic rings. The van der Waals surface area contributed by atoms with Gasteiger partial charge in [0.05, 0.1) is 0 Å². The number of fused-ring (bicyclic) bond motifs is 1. The lowest BCUT2D eigenvalue weighted by molar-refractivity contribution is -0.111. The van der Waals surface area contributed by atoms with Gasteiger partial charge in [0.2, 0.25) is 17.8 Å². The highest BCUT2D eigenvalue weighted by molar-refractivity contribution is 8.00. The average Bonchev–Trinajstić information content (AvgIpc) is 3.34. The Morgan fingerprint density at radius 1 is 1.18 bits per heavy atom. The van der Waals surface area contributed by atoms with E-state index in [1.54, 1.807) is 30.3 Å². The van der Waals surface area contributed by atoms with E-state index < -0.39 is 0 Å². The standard InChI is InChI=1S/C19H14FN3O3S2/c20-14-5-1-13(2-6-14)10-27-19-23-22-18(28-19)21-17(24)8-4-12-3-7-15-16(9-12)26-11-25-15/h1-9H,10-11H2,(H,21,22,24)/b8-4+. The number of aromatic nitrogens is 2. The zero-order valence-electron chi connectivity index (χ0n) is 14.4. The summed E-state index contributed by atoms with van der Waals surface area (Å²) in [4.78, 5) is 12.1. The van der Waals surface area contributed by atoms with E-state index >= 15 is 0 Å². The van der Waals surface area contributed by atoms with Crippen molar-refractivity contribution in [1.82, 2.24) is 10.2 Å². The summed E-state index contributed by atoms with van der Waals surface area (Å²) in [7, 11) is 0. The molecule has 1 aliphatic heterocycles. The molecule has 0 unspecified atom stereocenters. The van der Waals surface area contributed by atoms with Crippen molar-refractivity contribution in [2.75, 3.05) is 12.1 Å². The third kappa shape index (κ3) is 4.68. The van der Waals surface area contributed by atoms with Gasteiger partial charge in [-0.3, -0.25) is 10.1 Å². The number of nitrogens with zero attached hydrogens (tertiary/aromatic N) is 2. The number of halogens is 1. The zero-order valence-corrected chi connectivity index (χ0v) is 16.1. The first-order valence-electron chi connectivity index (χ1n) is 8.25. The number of anilines is 1. The van der Waals surface area contributed by atoms with Crippen molar-refractivity contribution >= 4 is 40.2 Å². The second-order valence-electron chi connectivity index (χ2n) is 5.72. The fourth-order valence-electron chi connectivity index (χ4n) is 2.38. The minimum atomic E-state index is -0.302. The number of nitrogens with one attached hydrogen (secondary N) is 1. The molecule has 0 bridgehead atoms. The van der Waals surface area contributed by atoms with Crippen LogP contribution in [0.25, 0.3) is 6.08 Å². The molecule has 0 aliphatic carbocycles. The van der Waals surface area contributed by atoms with E-state index in [9.17, 15) is 9.18 Å². The number of carbonyl (C=O) groups excluding carboxylic acids is 1. The molecule has 1 aliphatic rings. The molecule has 1 aromatic heterocycles. The molecule has 4 rings (SSSR count). The van der Waals surface area contributed by atoms with Crippen LogP contribution in [0.3, 0.4) is 0 Å². The van der Waals surface area contributed by atoms with Crippen LogP contribution >= 0.6 is 23.1 Å². The van der Waals surface area contributed by atoms with Gasteiger partial charge < -0.3 is 9.47 Å². The molecule has 1 N–H and O–H groups in total. The smallest absolute Gasteiger partial charge is 0.250 e. The van der Waals surface area contributed by atoms with E-state index in [2.05, 4.69) is 15.5 Å². The molecule has 142 valence electrons. The number of rotatable bonds is 6. The van der Waals surface area contributed by atoms with Gasteiger partial charge in [0, 0.05) is 11.8 Å². The van der Waals surface area contributed by atoms with Crippen LogP contribution in [0.15, 0.2) is 52.9 Å². The van der Waals surface area contributed by atoms with Gasteiger partial charge in [-0.2, -0.15) is 0 Å². The van der Waals surface area contributed by atoms with Gasteiger partial charge in [-0.15, -0.1) is 10.2 Å². The maximum atomic E-state index is 12.9. The molecule has 0 radical (unpaired) electrons. The third-order valence-electron chi connectivity index (χ3n) is 3.74. The van der Waals surface area contributed by atoms with Crippen molar-refractivity contribution in [3.05, 3.63) is 65.5 Å². The first kappa shape index (κ1) is 18.5. The van der Waals surface area contributed by atoms with Crippen LogP contribution in [-0.2, 0) is 10.5 Å². The maximum Gasteiger partial charge on any atom is 0.250 e. The molecule has 2 heterocycles. The molecule has 6 nitrogen and oxygen atoms in total. The summed E-state index contributed by atoms with van der Waals surface area (Å²) in [5.74, 6) is 1.44. The Hall–Kier alpha value is -2.91. The lowest BCUT2D eigenvalue weighted by Gasteiger charge is -1.98. The van der Waals surface area contributed by atoms with Crippen LogP contribution in [0.5, 0.6) is 11.5 Å². The summed E-state index contributed by atoms with van der Waals surface area (Å²) >= 11 is 2.76. The number of hydrogen-bond acceptors (Lipinski definition) is 7. The zero-order chi connectivity index (χ0) is 19.3. The van der Waals surface area contributed by atoms with Crippen molar-refractivity contribution in [3.8, 4) is 11.5 Å². The van der Waals surface area contributed by atoms with E-state index in [1.807, 2.05) is 6.07 Å². The summed E-state index contributed by atoms with van der Waals surface area (Å²) in [6.45, 7) is 0.210. The van der Waals surface area contributed by atoms with Crippen LogP contribution in [-0.4, -0.2) is 22.9 Å². The molecule has 0 atom stereocenters. The normalized spacial score (nSPS) is 12.5. The Labute approximate surface area is 168 Å². The molecule has 28 heavy (non-hydrogen) atoms. The van der Waals surface area contributed by atoms with Gasteiger partial charge in [-0.1, -0.05) is 41.3 Å². The number of hydrogen-bond donors (Lipinski definition) is 1. The minimum absolute atomic E-state index is 0.210. The van der Waals surface area contributed by atoms with Gasteiger partial charge in [0.15, 0.2) is 15.8 Å². The van der Waals surface area contributed by atoms with Crippen LogP contribution in [0.4, 0.5) is 9.52 Å². The Morgan fingerprint density at radius 3 is 2.86 bits per heavy atom. The van der Waals surface area contributed by atoms with Gasteiger partial charge in [0.1, 0.15) is 5.82 Å². The summed E-state index contributed by atoms with van der Waals surface area (Å²) < 4.78 is 24.2. The summed E-state index contributed by atoms with van der Waals surface area (Å²) in [6.07, 6.45) is 3.10. The molecular formula is C19H14FN3O3S2. The largest absolute Gasteiger partial charge is 0.454 e. The first-order valence-corrected chi connectivity index (χ1v) is 10.1. The Balaban J connectivity index is 1.30. The second kappa shape index (κ2) is 8.41.